The van der Waals surface area contributed by atoms with Gasteiger partial charge in [0.05, 0.1) is 6.54 Å². The smallest absolute Gasteiger partial charge is 0.323 e. The average molecular weight is 217 g/mol. The summed E-state index contributed by atoms with van der Waals surface area (Å²) < 4.78 is 5.12. The van der Waals surface area contributed by atoms with Crippen molar-refractivity contribution in [2.75, 3.05) is 6.54 Å². The number of carbonyl (C=O) groups is 1. The highest BCUT2D eigenvalue weighted by molar-refractivity contribution is 5.75. The van der Waals surface area contributed by atoms with E-state index < -0.39 is 0 Å². The number of carbonyl (C=O) groups excluding carboxylic acids is 1. The van der Waals surface area contributed by atoms with Gasteiger partial charge in [0.2, 0.25) is 0 Å². The molecule has 1 rings (SSSR count). The SMILES string of the molecule is C#CCN[C@@H](C)C(=O)OCc1ccccc1. The molecule has 0 radical (unpaired) electrons. The third kappa shape index (κ3) is 4.16. The van der Waals surface area contributed by atoms with Gasteiger partial charge in [-0.3, -0.25) is 10.1 Å². The molecule has 1 aromatic carbocycles. The molecular weight excluding hydrogens is 202 g/mol. The standard InChI is InChI=1S/C13H15NO2/c1-3-9-14-11(2)13(15)16-10-12-7-5-4-6-8-12/h1,4-8,11,14H,9-10H2,2H3/t11-/m0/s1. The summed E-state index contributed by atoms with van der Waals surface area (Å²) in [5, 5.41) is 2.86. The highest BCUT2D eigenvalue weighted by Crippen LogP contribution is 2.01. The van der Waals surface area contributed by atoms with E-state index in [0.29, 0.717) is 13.2 Å². The van der Waals surface area contributed by atoms with Gasteiger partial charge in [0.15, 0.2) is 0 Å². The van der Waals surface area contributed by atoms with Crippen molar-refractivity contribution in [3.8, 4) is 12.3 Å². The van der Waals surface area contributed by atoms with Gasteiger partial charge in [0, 0.05) is 0 Å². The third-order valence-electron chi connectivity index (χ3n) is 2.09. The fraction of sp³-hybridized carbons (Fsp3) is 0.308. The average Bonchev–Trinajstić information content (AvgIpc) is 2.34. The Morgan fingerprint density at radius 1 is 1.50 bits per heavy atom. The first kappa shape index (κ1) is 12.3. The summed E-state index contributed by atoms with van der Waals surface area (Å²) in [6.45, 7) is 2.38. The normalized spacial score (nSPS) is 11.5. The zero-order valence-corrected chi connectivity index (χ0v) is 9.27. The van der Waals surface area contributed by atoms with Crippen molar-refractivity contribution in [1.29, 1.82) is 0 Å². The molecular formula is C13H15NO2. The van der Waals surface area contributed by atoms with Gasteiger partial charge >= 0.3 is 5.97 Å². The van der Waals surface area contributed by atoms with E-state index in [1.54, 1.807) is 6.92 Å². The van der Waals surface area contributed by atoms with Crippen LogP contribution in [0.15, 0.2) is 30.3 Å². The number of hydrogen-bond acceptors (Lipinski definition) is 3. The minimum absolute atomic E-state index is 0.292. The molecule has 0 unspecified atom stereocenters. The zero-order chi connectivity index (χ0) is 11.8. The Labute approximate surface area is 95.8 Å². The van der Waals surface area contributed by atoms with Crippen molar-refractivity contribution in [3.63, 3.8) is 0 Å². The largest absolute Gasteiger partial charge is 0.460 e. The van der Waals surface area contributed by atoms with Crippen molar-refractivity contribution in [2.24, 2.45) is 0 Å². The number of rotatable bonds is 5. The number of terminal acetylenes is 1. The van der Waals surface area contributed by atoms with Crippen LogP contribution in [-0.4, -0.2) is 18.6 Å². The molecule has 3 heteroatoms. The maximum absolute atomic E-state index is 11.5. The van der Waals surface area contributed by atoms with E-state index in [1.165, 1.54) is 0 Å². The van der Waals surface area contributed by atoms with Crippen LogP contribution < -0.4 is 5.32 Å². The molecule has 0 spiro atoms. The minimum Gasteiger partial charge on any atom is -0.460 e. The minimum atomic E-state index is -0.375. The van der Waals surface area contributed by atoms with Crippen molar-refractivity contribution in [1.82, 2.24) is 5.32 Å². The highest BCUT2D eigenvalue weighted by Gasteiger charge is 2.12. The van der Waals surface area contributed by atoms with Crippen molar-refractivity contribution >= 4 is 5.97 Å². The number of hydrogen-bond donors (Lipinski definition) is 1. The topological polar surface area (TPSA) is 38.3 Å². The molecule has 16 heavy (non-hydrogen) atoms. The van der Waals surface area contributed by atoms with Gasteiger partial charge in [-0.2, -0.15) is 0 Å². The monoisotopic (exact) mass is 217 g/mol. The van der Waals surface area contributed by atoms with E-state index >= 15 is 0 Å². The van der Waals surface area contributed by atoms with E-state index in [0.717, 1.165) is 5.56 Å². The van der Waals surface area contributed by atoms with Crippen LogP contribution in [-0.2, 0) is 16.1 Å². The summed E-state index contributed by atoms with van der Waals surface area (Å²) in [6, 6.07) is 9.17. The summed E-state index contributed by atoms with van der Waals surface area (Å²) in [4.78, 5) is 11.5. The van der Waals surface area contributed by atoms with E-state index in [4.69, 9.17) is 11.2 Å². The predicted octanol–water partition coefficient (Wildman–Crippen LogP) is 1.34. The summed E-state index contributed by atoms with van der Waals surface area (Å²) in [6.07, 6.45) is 5.08. The van der Waals surface area contributed by atoms with Crippen molar-refractivity contribution in [3.05, 3.63) is 35.9 Å². The van der Waals surface area contributed by atoms with Crippen LogP contribution in [0.25, 0.3) is 0 Å². The lowest BCUT2D eigenvalue weighted by molar-refractivity contribution is -0.146. The van der Waals surface area contributed by atoms with E-state index in [9.17, 15) is 4.79 Å². The Morgan fingerprint density at radius 2 is 2.19 bits per heavy atom. The Bertz CT molecular complexity index is 367. The maximum Gasteiger partial charge on any atom is 0.323 e. The van der Waals surface area contributed by atoms with Gasteiger partial charge in [-0.1, -0.05) is 36.3 Å². The molecule has 1 atom stereocenters. The molecule has 0 aromatic heterocycles. The molecule has 0 heterocycles. The quantitative estimate of drug-likeness (QED) is 0.597. The molecule has 1 aromatic rings. The summed E-state index contributed by atoms with van der Waals surface area (Å²) in [7, 11) is 0. The fourth-order valence-electron chi connectivity index (χ4n) is 1.15. The van der Waals surface area contributed by atoms with Gasteiger partial charge in [-0.25, -0.2) is 0 Å². The lowest BCUT2D eigenvalue weighted by atomic mass is 10.2. The number of benzene rings is 1. The Kier molecular flexibility index (Phi) is 5.10. The molecule has 0 fully saturated rings. The molecule has 0 saturated carbocycles. The maximum atomic E-state index is 11.5. The molecule has 0 aliphatic carbocycles. The van der Waals surface area contributed by atoms with E-state index in [2.05, 4.69) is 11.2 Å². The summed E-state index contributed by atoms with van der Waals surface area (Å²) >= 11 is 0. The Hall–Kier alpha value is -1.79. The van der Waals surface area contributed by atoms with Crippen LogP contribution in [0, 0.1) is 12.3 Å². The Balaban J connectivity index is 2.33. The van der Waals surface area contributed by atoms with Gasteiger partial charge in [-0.05, 0) is 12.5 Å². The van der Waals surface area contributed by atoms with Gasteiger partial charge in [-0.15, -0.1) is 6.42 Å². The molecule has 3 nitrogen and oxygen atoms in total. The van der Waals surface area contributed by atoms with Crippen LogP contribution in [0.5, 0.6) is 0 Å². The van der Waals surface area contributed by atoms with Crippen LogP contribution in [0.4, 0.5) is 0 Å². The predicted molar refractivity (Wildman–Crippen MR) is 62.5 cm³/mol. The number of esters is 1. The first-order chi connectivity index (χ1) is 7.74. The van der Waals surface area contributed by atoms with Crippen LogP contribution in [0.3, 0.4) is 0 Å². The van der Waals surface area contributed by atoms with E-state index in [1.807, 2.05) is 30.3 Å². The lowest BCUT2D eigenvalue weighted by Gasteiger charge is -2.11. The lowest BCUT2D eigenvalue weighted by Crippen LogP contribution is -2.35. The molecule has 0 bridgehead atoms. The highest BCUT2D eigenvalue weighted by atomic mass is 16.5. The van der Waals surface area contributed by atoms with Gasteiger partial charge in [0.1, 0.15) is 12.6 Å². The summed E-state index contributed by atoms with van der Waals surface area (Å²) in [5.74, 6) is 2.12. The molecule has 0 aliphatic heterocycles. The number of nitrogens with one attached hydrogen (secondary N) is 1. The number of ether oxygens (including phenoxy) is 1. The molecule has 84 valence electrons. The van der Waals surface area contributed by atoms with Crippen LogP contribution in [0.2, 0.25) is 0 Å². The first-order valence-electron chi connectivity index (χ1n) is 5.11. The summed E-state index contributed by atoms with van der Waals surface area (Å²) in [5.41, 5.74) is 0.972. The van der Waals surface area contributed by atoms with Crippen LogP contribution >= 0.6 is 0 Å². The Morgan fingerprint density at radius 3 is 2.81 bits per heavy atom. The van der Waals surface area contributed by atoms with Gasteiger partial charge < -0.3 is 4.74 Å². The second kappa shape index (κ2) is 6.65. The second-order valence-electron chi connectivity index (χ2n) is 3.40. The molecule has 0 aliphatic rings. The second-order valence-corrected chi connectivity index (χ2v) is 3.40. The van der Waals surface area contributed by atoms with Crippen molar-refractivity contribution in [2.45, 2.75) is 19.6 Å². The molecule has 0 amide bonds. The molecule has 1 N–H and O–H groups in total. The first-order valence-corrected chi connectivity index (χ1v) is 5.11. The molecule has 0 saturated heterocycles. The fourth-order valence-corrected chi connectivity index (χ4v) is 1.15. The van der Waals surface area contributed by atoms with Gasteiger partial charge in [0.25, 0.3) is 0 Å². The van der Waals surface area contributed by atoms with Crippen molar-refractivity contribution < 1.29 is 9.53 Å². The van der Waals surface area contributed by atoms with Crippen LogP contribution in [0.1, 0.15) is 12.5 Å². The zero-order valence-electron chi connectivity index (χ0n) is 9.27. The third-order valence-corrected chi connectivity index (χ3v) is 2.09. The van der Waals surface area contributed by atoms with E-state index in [-0.39, 0.29) is 12.0 Å².